The predicted octanol–water partition coefficient (Wildman–Crippen LogP) is 3.92. The van der Waals surface area contributed by atoms with Crippen molar-refractivity contribution in [1.82, 2.24) is 5.32 Å². The average Bonchev–Trinajstić information content (AvgIpc) is 2.94. The van der Waals surface area contributed by atoms with Crippen LogP contribution in [0.4, 0.5) is 0 Å². The quantitative estimate of drug-likeness (QED) is 0.848. The molecule has 1 heterocycles. The van der Waals surface area contributed by atoms with Crippen LogP contribution in [-0.2, 0) is 17.6 Å². The highest BCUT2D eigenvalue weighted by molar-refractivity contribution is 5.95. The van der Waals surface area contributed by atoms with E-state index in [2.05, 4.69) is 23.5 Å². The van der Waals surface area contributed by atoms with Crippen LogP contribution in [0.3, 0.4) is 0 Å². The Morgan fingerprint density at radius 2 is 2.08 bits per heavy atom. The van der Waals surface area contributed by atoms with Crippen LogP contribution in [0.15, 0.2) is 34.7 Å². The van der Waals surface area contributed by atoms with Crippen LogP contribution in [0.5, 0.6) is 0 Å². The maximum Gasteiger partial charge on any atom is 0.220 e. The molecular formula is C20H23NO3. The van der Waals surface area contributed by atoms with Crippen molar-refractivity contribution in [2.75, 3.05) is 0 Å². The molecule has 1 aromatic heterocycles. The fourth-order valence-corrected chi connectivity index (χ4v) is 3.42. The van der Waals surface area contributed by atoms with Gasteiger partial charge in [-0.1, -0.05) is 24.3 Å². The normalized spacial score (nSPS) is 16.5. The summed E-state index contributed by atoms with van der Waals surface area (Å²) in [6.45, 7) is 3.30. The van der Waals surface area contributed by atoms with Crippen LogP contribution >= 0.6 is 0 Å². The number of carbonyl (C=O) groups excluding carboxylic acids is 2. The highest BCUT2D eigenvalue weighted by atomic mass is 16.3. The van der Waals surface area contributed by atoms with Crippen molar-refractivity contribution in [1.29, 1.82) is 0 Å². The Bertz CT molecular complexity index is 760. The number of Topliss-reactive ketones (excluding diaryl/α,β-unsaturated/α-hetero) is 1. The molecule has 24 heavy (non-hydrogen) atoms. The van der Waals surface area contributed by atoms with E-state index in [0.717, 1.165) is 19.3 Å². The molecule has 1 amide bonds. The number of furan rings is 1. The largest absolute Gasteiger partial charge is 0.466 e. The lowest BCUT2D eigenvalue weighted by molar-refractivity contribution is -0.122. The number of hydrogen-bond acceptors (Lipinski definition) is 3. The number of amides is 1. The maximum absolute atomic E-state index is 12.3. The third-order valence-electron chi connectivity index (χ3n) is 4.65. The fraction of sp³-hybridized carbons (Fsp3) is 0.400. The van der Waals surface area contributed by atoms with Gasteiger partial charge in [0.25, 0.3) is 0 Å². The zero-order valence-corrected chi connectivity index (χ0v) is 14.2. The number of rotatable bonds is 5. The van der Waals surface area contributed by atoms with E-state index >= 15 is 0 Å². The number of nitrogens with one attached hydrogen (secondary N) is 1. The molecule has 0 radical (unpaired) electrons. The predicted molar refractivity (Wildman–Crippen MR) is 92.0 cm³/mol. The Morgan fingerprint density at radius 3 is 2.83 bits per heavy atom. The summed E-state index contributed by atoms with van der Waals surface area (Å²) >= 11 is 0. The monoisotopic (exact) mass is 325 g/mol. The van der Waals surface area contributed by atoms with Crippen molar-refractivity contribution in [2.45, 2.75) is 52.0 Å². The summed E-state index contributed by atoms with van der Waals surface area (Å²) in [6.07, 6.45) is 4.04. The van der Waals surface area contributed by atoms with Crippen molar-refractivity contribution in [2.24, 2.45) is 0 Å². The second-order valence-corrected chi connectivity index (χ2v) is 6.45. The SMILES string of the molecule is CC(=O)c1cc(CCC(=O)NC2CCCc3ccccc32)oc1C. The molecule has 1 atom stereocenters. The molecule has 3 rings (SSSR count). The molecule has 4 nitrogen and oxygen atoms in total. The van der Waals surface area contributed by atoms with Crippen LogP contribution in [-0.4, -0.2) is 11.7 Å². The van der Waals surface area contributed by atoms with Crippen molar-refractivity contribution in [3.8, 4) is 0 Å². The lowest BCUT2D eigenvalue weighted by atomic mass is 9.87. The van der Waals surface area contributed by atoms with Crippen LogP contribution < -0.4 is 5.32 Å². The topological polar surface area (TPSA) is 59.3 Å². The summed E-state index contributed by atoms with van der Waals surface area (Å²) in [5.74, 6) is 1.33. The summed E-state index contributed by atoms with van der Waals surface area (Å²) in [5.41, 5.74) is 3.18. The Morgan fingerprint density at radius 1 is 1.29 bits per heavy atom. The van der Waals surface area contributed by atoms with Crippen molar-refractivity contribution >= 4 is 11.7 Å². The lowest BCUT2D eigenvalue weighted by Gasteiger charge is -2.26. The van der Waals surface area contributed by atoms with Gasteiger partial charge < -0.3 is 9.73 Å². The molecule has 1 unspecified atom stereocenters. The number of carbonyl (C=O) groups is 2. The Hall–Kier alpha value is -2.36. The highest BCUT2D eigenvalue weighted by Crippen LogP contribution is 2.29. The van der Waals surface area contributed by atoms with Crippen molar-refractivity contribution in [3.05, 3.63) is 58.5 Å². The van der Waals surface area contributed by atoms with Gasteiger partial charge in [-0.3, -0.25) is 9.59 Å². The molecule has 1 aromatic carbocycles. The van der Waals surface area contributed by atoms with E-state index in [9.17, 15) is 9.59 Å². The van der Waals surface area contributed by atoms with E-state index in [1.807, 2.05) is 6.07 Å². The second-order valence-electron chi connectivity index (χ2n) is 6.45. The molecule has 2 aromatic rings. The van der Waals surface area contributed by atoms with Gasteiger partial charge in [0.1, 0.15) is 11.5 Å². The molecule has 126 valence electrons. The number of fused-ring (bicyclic) bond motifs is 1. The molecule has 0 bridgehead atoms. The van der Waals surface area contributed by atoms with Crippen LogP contribution in [0.1, 0.15) is 65.2 Å². The second kappa shape index (κ2) is 7.04. The molecule has 0 saturated carbocycles. The first kappa shape index (κ1) is 16.5. The molecule has 0 spiro atoms. The minimum Gasteiger partial charge on any atom is -0.466 e. The third-order valence-corrected chi connectivity index (χ3v) is 4.65. The zero-order valence-electron chi connectivity index (χ0n) is 14.2. The van der Waals surface area contributed by atoms with Gasteiger partial charge in [-0.2, -0.15) is 0 Å². The van der Waals surface area contributed by atoms with Gasteiger partial charge in [0.2, 0.25) is 5.91 Å². The van der Waals surface area contributed by atoms with Gasteiger partial charge in [-0.15, -0.1) is 0 Å². The van der Waals surface area contributed by atoms with E-state index in [1.165, 1.54) is 18.1 Å². The molecule has 0 saturated heterocycles. The van der Waals surface area contributed by atoms with Gasteiger partial charge in [-0.05, 0) is 50.3 Å². The summed E-state index contributed by atoms with van der Waals surface area (Å²) in [4.78, 5) is 23.8. The first-order valence-electron chi connectivity index (χ1n) is 8.52. The van der Waals surface area contributed by atoms with Gasteiger partial charge in [0.15, 0.2) is 5.78 Å². The number of hydrogen-bond donors (Lipinski definition) is 1. The van der Waals surface area contributed by atoms with Crippen LogP contribution in [0, 0.1) is 6.92 Å². The Kier molecular flexibility index (Phi) is 4.84. The van der Waals surface area contributed by atoms with E-state index in [4.69, 9.17) is 4.42 Å². The molecule has 0 fully saturated rings. The lowest BCUT2D eigenvalue weighted by Crippen LogP contribution is -2.31. The van der Waals surface area contributed by atoms with Crippen LogP contribution in [0.2, 0.25) is 0 Å². The van der Waals surface area contributed by atoms with Gasteiger partial charge in [-0.25, -0.2) is 0 Å². The average molecular weight is 325 g/mol. The fourth-order valence-electron chi connectivity index (χ4n) is 3.42. The molecule has 1 aliphatic carbocycles. The van der Waals surface area contributed by atoms with Crippen molar-refractivity contribution in [3.63, 3.8) is 0 Å². The van der Waals surface area contributed by atoms with Gasteiger partial charge in [0, 0.05) is 12.8 Å². The van der Waals surface area contributed by atoms with Gasteiger partial charge in [0.05, 0.1) is 11.6 Å². The van der Waals surface area contributed by atoms with E-state index in [0.29, 0.717) is 29.9 Å². The molecule has 0 aliphatic heterocycles. The molecule has 1 N–H and O–H groups in total. The first-order chi connectivity index (χ1) is 11.5. The number of benzene rings is 1. The minimum absolute atomic E-state index is 0.00855. The van der Waals surface area contributed by atoms with Crippen LogP contribution in [0.25, 0.3) is 0 Å². The summed E-state index contributed by atoms with van der Waals surface area (Å²) in [7, 11) is 0. The zero-order chi connectivity index (χ0) is 17.1. The molecular weight excluding hydrogens is 302 g/mol. The summed E-state index contributed by atoms with van der Waals surface area (Å²) < 4.78 is 5.57. The van der Waals surface area contributed by atoms with Crippen molar-refractivity contribution < 1.29 is 14.0 Å². The Labute approximate surface area is 142 Å². The number of ketones is 1. The summed E-state index contributed by atoms with van der Waals surface area (Å²) in [6, 6.07) is 10.2. The van der Waals surface area contributed by atoms with E-state index in [-0.39, 0.29) is 17.7 Å². The van der Waals surface area contributed by atoms with E-state index < -0.39 is 0 Å². The van der Waals surface area contributed by atoms with Gasteiger partial charge >= 0.3 is 0 Å². The maximum atomic E-state index is 12.3. The standard InChI is InChI=1S/C20H23NO3/c1-13(22)18-12-16(24-14(18)2)10-11-20(23)21-19-9-5-7-15-6-3-4-8-17(15)19/h3-4,6,8,12,19H,5,7,9-11H2,1-2H3,(H,21,23). The molecule has 4 heteroatoms. The first-order valence-corrected chi connectivity index (χ1v) is 8.52. The highest BCUT2D eigenvalue weighted by Gasteiger charge is 2.21. The third kappa shape index (κ3) is 3.58. The van der Waals surface area contributed by atoms with E-state index in [1.54, 1.807) is 13.0 Å². The molecule has 1 aliphatic rings. The smallest absolute Gasteiger partial charge is 0.220 e. The number of aryl methyl sites for hydroxylation is 3. The summed E-state index contributed by atoms with van der Waals surface area (Å²) in [5, 5.41) is 3.14. The Balaban J connectivity index is 1.59. The minimum atomic E-state index is -0.00855.